The van der Waals surface area contributed by atoms with Crippen LogP contribution in [0.1, 0.15) is 19.1 Å². The molecule has 0 spiro atoms. The molecule has 2 rings (SSSR count). The Bertz CT molecular complexity index is 522. The van der Waals surface area contributed by atoms with Crippen molar-refractivity contribution in [1.29, 1.82) is 0 Å². The lowest BCUT2D eigenvalue weighted by molar-refractivity contribution is 0.493. The lowest BCUT2D eigenvalue weighted by atomic mass is 10.2. The standard InChI is InChI=1S/C14H15Br2NO/c1-2-7-17-9-11-4-6-14(18-11)12-5-3-10(15)8-13(12)16/h3-6,8,17H,2,7,9H2,1H3. The van der Waals surface area contributed by atoms with Crippen LogP contribution in [-0.4, -0.2) is 6.54 Å². The third kappa shape index (κ3) is 3.46. The van der Waals surface area contributed by atoms with Gasteiger partial charge in [0.15, 0.2) is 0 Å². The minimum atomic E-state index is 0.780. The molecule has 0 saturated carbocycles. The highest BCUT2D eigenvalue weighted by Crippen LogP contribution is 2.31. The lowest BCUT2D eigenvalue weighted by Gasteiger charge is -2.02. The molecule has 0 bridgehead atoms. The number of hydrogen-bond acceptors (Lipinski definition) is 2. The fourth-order valence-electron chi connectivity index (χ4n) is 1.70. The molecule has 0 aliphatic heterocycles. The summed E-state index contributed by atoms with van der Waals surface area (Å²) in [5, 5.41) is 3.33. The van der Waals surface area contributed by atoms with Crippen LogP contribution in [0.5, 0.6) is 0 Å². The molecule has 0 radical (unpaired) electrons. The van der Waals surface area contributed by atoms with E-state index in [0.717, 1.165) is 45.5 Å². The minimum Gasteiger partial charge on any atom is -0.460 e. The predicted octanol–water partition coefficient (Wildman–Crippen LogP) is 4.97. The molecule has 1 heterocycles. The van der Waals surface area contributed by atoms with Crippen LogP contribution in [0.25, 0.3) is 11.3 Å². The first-order valence-corrected chi connectivity index (χ1v) is 7.54. The van der Waals surface area contributed by atoms with E-state index in [2.05, 4.69) is 44.1 Å². The van der Waals surface area contributed by atoms with E-state index in [1.165, 1.54) is 0 Å². The molecule has 0 saturated heterocycles. The molecule has 0 aliphatic rings. The quantitative estimate of drug-likeness (QED) is 0.749. The van der Waals surface area contributed by atoms with Gasteiger partial charge in [0.25, 0.3) is 0 Å². The summed E-state index contributed by atoms with van der Waals surface area (Å²) in [6.07, 6.45) is 1.13. The predicted molar refractivity (Wildman–Crippen MR) is 81.5 cm³/mol. The first-order valence-electron chi connectivity index (χ1n) is 5.95. The summed E-state index contributed by atoms with van der Waals surface area (Å²) in [6.45, 7) is 3.94. The average Bonchev–Trinajstić information content (AvgIpc) is 2.78. The molecule has 4 heteroatoms. The smallest absolute Gasteiger partial charge is 0.135 e. The molecule has 2 nitrogen and oxygen atoms in total. The first kappa shape index (κ1) is 13.8. The maximum atomic E-state index is 5.83. The van der Waals surface area contributed by atoms with Crippen molar-refractivity contribution >= 4 is 31.9 Å². The van der Waals surface area contributed by atoms with E-state index < -0.39 is 0 Å². The zero-order valence-electron chi connectivity index (χ0n) is 10.2. The zero-order chi connectivity index (χ0) is 13.0. The normalized spacial score (nSPS) is 10.8. The van der Waals surface area contributed by atoms with Gasteiger partial charge in [0.1, 0.15) is 11.5 Å². The molecule has 1 aromatic heterocycles. The highest BCUT2D eigenvalue weighted by atomic mass is 79.9. The van der Waals surface area contributed by atoms with Gasteiger partial charge in [-0.3, -0.25) is 0 Å². The van der Waals surface area contributed by atoms with Crippen molar-refractivity contribution in [3.05, 3.63) is 45.0 Å². The van der Waals surface area contributed by atoms with Gasteiger partial charge in [0, 0.05) is 14.5 Å². The van der Waals surface area contributed by atoms with Crippen molar-refractivity contribution in [1.82, 2.24) is 5.32 Å². The molecule has 1 aromatic carbocycles. The molecule has 0 amide bonds. The molecule has 96 valence electrons. The highest BCUT2D eigenvalue weighted by Gasteiger charge is 2.08. The van der Waals surface area contributed by atoms with Crippen LogP contribution in [0, 0.1) is 0 Å². The summed E-state index contributed by atoms with van der Waals surface area (Å²) >= 11 is 7.00. The van der Waals surface area contributed by atoms with Crippen LogP contribution < -0.4 is 5.32 Å². The Morgan fingerprint density at radius 1 is 1.17 bits per heavy atom. The van der Waals surface area contributed by atoms with Gasteiger partial charge in [-0.1, -0.05) is 22.9 Å². The molecule has 0 atom stereocenters. The second-order valence-electron chi connectivity index (χ2n) is 4.07. The minimum absolute atomic E-state index is 0.780. The summed E-state index contributed by atoms with van der Waals surface area (Å²) < 4.78 is 7.91. The van der Waals surface area contributed by atoms with Crippen LogP contribution >= 0.6 is 31.9 Å². The van der Waals surface area contributed by atoms with Crippen molar-refractivity contribution in [2.75, 3.05) is 6.54 Å². The van der Waals surface area contributed by atoms with Crippen molar-refractivity contribution in [3.63, 3.8) is 0 Å². The Morgan fingerprint density at radius 2 is 2.00 bits per heavy atom. The van der Waals surface area contributed by atoms with Gasteiger partial charge in [0.2, 0.25) is 0 Å². The number of benzene rings is 1. The van der Waals surface area contributed by atoms with Crippen molar-refractivity contribution in [2.45, 2.75) is 19.9 Å². The van der Waals surface area contributed by atoms with Crippen molar-refractivity contribution in [3.8, 4) is 11.3 Å². The molecule has 18 heavy (non-hydrogen) atoms. The Kier molecular flexibility index (Phi) is 5.03. The van der Waals surface area contributed by atoms with E-state index in [9.17, 15) is 0 Å². The number of furan rings is 1. The van der Waals surface area contributed by atoms with Crippen molar-refractivity contribution in [2.24, 2.45) is 0 Å². The molecule has 0 aliphatic carbocycles. The maximum absolute atomic E-state index is 5.83. The first-order chi connectivity index (χ1) is 8.70. The van der Waals surface area contributed by atoms with Crippen LogP contribution in [0.15, 0.2) is 43.7 Å². The number of nitrogens with one attached hydrogen (secondary N) is 1. The highest BCUT2D eigenvalue weighted by molar-refractivity contribution is 9.11. The van der Waals surface area contributed by atoms with Gasteiger partial charge in [-0.2, -0.15) is 0 Å². The van der Waals surface area contributed by atoms with Crippen LogP contribution in [-0.2, 0) is 6.54 Å². The van der Waals surface area contributed by atoms with E-state index in [-0.39, 0.29) is 0 Å². The van der Waals surface area contributed by atoms with Gasteiger partial charge in [-0.05, 0) is 59.2 Å². The number of rotatable bonds is 5. The van der Waals surface area contributed by atoms with E-state index in [1.54, 1.807) is 0 Å². The van der Waals surface area contributed by atoms with Crippen LogP contribution in [0.2, 0.25) is 0 Å². The molecular formula is C14H15Br2NO. The van der Waals surface area contributed by atoms with E-state index in [0.29, 0.717) is 0 Å². The van der Waals surface area contributed by atoms with Gasteiger partial charge in [0.05, 0.1) is 6.54 Å². The van der Waals surface area contributed by atoms with Gasteiger partial charge >= 0.3 is 0 Å². The van der Waals surface area contributed by atoms with E-state index in [1.807, 2.05) is 30.3 Å². The van der Waals surface area contributed by atoms with Gasteiger partial charge in [-0.15, -0.1) is 0 Å². The summed E-state index contributed by atoms with van der Waals surface area (Å²) in [5.74, 6) is 1.86. The largest absolute Gasteiger partial charge is 0.460 e. The molecule has 2 aromatic rings. The second kappa shape index (κ2) is 6.55. The third-order valence-electron chi connectivity index (χ3n) is 2.58. The van der Waals surface area contributed by atoms with Gasteiger partial charge < -0.3 is 9.73 Å². The Labute approximate surface area is 124 Å². The SMILES string of the molecule is CCCNCc1ccc(-c2ccc(Br)cc2Br)o1. The maximum Gasteiger partial charge on any atom is 0.135 e. The topological polar surface area (TPSA) is 25.2 Å². The number of hydrogen-bond donors (Lipinski definition) is 1. The lowest BCUT2D eigenvalue weighted by Crippen LogP contribution is -2.12. The molecule has 0 fully saturated rings. The third-order valence-corrected chi connectivity index (χ3v) is 3.73. The summed E-state index contributed by atoms with van der Waals surface area (Å²) in [6, 6.07) is 10.1. The summed E-state index contributed by atoms with van der Waals surface area (Å²) in [7, 11) is 0. The van der Waals surface area contributed by atoms with Crippen molar-refractivity contribution < 1.29 is 4.42 Å². The molecular weight excluding hydrogens is 358 g/mol. The van der Waals surface area contributed by atoms with Crippen LogP contribution in [0.3, 0.4) is 0 Å². The van der Waals surface area contributed by atoms with Gasteiger partial charge in [-0.25, -0.2) is 0 Å². The molecule has 1 N–H and O–H groups in total. The fraction of sp³-hybridized carbons (Fsp3) is 0.286. The fourth-order valence-corrected chi connectivity index (χ4v) is 2.94. The molecule has 0 unspecified atom stereocenters. The van der Waals surface area contributed by atoms with E-state index >= 15 is 0 Å². The summed E-state index contributed by atoms with van der Waals surface area (Å²) in [5.41, 5.74) is 1.07. The monoisotopic (exact) mass is 371 g/mol. The number of halogens is 2. The summed E-state index contributed by atoms with van der Waals surface area (Å²) in [4.78, 5) is 0. The second-order valence-corrected chi connectivity index (χ2v) is 5.84. The zero-order valence-corrected chi connectivity index (χ0v) is 13.3. The average molecular weight is 373 g/mol. The van der Waals surface area contributed by atoms with E-state index in [4.69, 9.17) is 4.42 Å². The Morgan fingerprint density at radius 3 is 2.72 bits per heavy atom. The van der Waals surface area contributed by atoms with Crippen LogP contribution in [0.4, 0.5) is 0 Å². The Balaban J connectivity index is 2.13. The Hall–Kier alpha value is -0.580.